The third-order valence-corrected chi connectivity index (χ3v) is 3.28. The molecule has 0 atom stereocenters. The summed E-state index contributed by atoms with van der Waals surface area (Å²) >= 11 is 0. The maximum Gasteiger partial charge on any atom is 0.165 e. The zero-order chi connectivity index (χ0) is 13.1. The smallest absolute Gasteiger partial charge is 0.165 e. The van der Waals surface area contributed by atoms with Gasteiger partial charge in [0.15, 0.2) is 5.78 Å². The van der Waals surface area contributed by atoms with Crippen LogP contribution in [0.2, 0.25) is 0 Å². The molecule has 2 aromatic heterocycles. The van der Waals surface area contributed by atoms with E-state index < -0.39 is 0 Å². The zero-order valence-corrected chi connectivity index (χ0v) is 10.5. The number of Topliss-reactive ketones (excluding diaryl/α,β-unsaturated/α-hetero) is 1. The summed E-state index contributed by atoms with van der Waals surface area (Å²) in [6, 6.07) is 11.8. The lowest BCUT2D eigenvalue weighted by Crippen LogP contribution is -2.00. The average molecular weight is 250 g/mol. The van der Waals surface area contributed by atoms with Gasteiger partial charge in [-0.25, -0.2) is 0 Å². The Balaban J connectivity index is 1.77. The van der Waals surface area contributed by atoms with E-state index in [9.17, 15) is 4.79 Å². The van der Waals surface area contributed by atoms with Crippen LogP contribution in [0.3, 0.4) is 0 Å². The summed E-state index contributed by atoms with van der Waals surface area (Å²) < 4.78 is 0. The largest absolute Gasteiger partial charge is 0.360 e. The summed E-state index contributed by atoms with van der Waals surface area (Å²) in [5.74, 6) is 0.175. The van der Waals surface area contributed by atoms with Crippen LogP contribution >= 0.6 is 0 Å². The Hall–Kier alpha value is -2.42. The molecule has 3 aromatic rings. The molecule has 1 aromatic carbocycles. The van der Waals surface area contributed by atoms with Crippen LogP contribution in [-0.4, -0.2) is 15.8 Å². The van der Waals surface area contributed by atoms with Gasteiger partial charge in [0.2, 0.25) is 0 Å². The standard InChI is InChI=1S/C16H14N2O/c19-16(6-5-12-7-9-17-10-8-12)14-11-18-15-4-2-1-3-13(14)15/h1-4,7-11,18H,5-6H2. The Labute approximate surface area is 111 Å². The number of fused-ring (bicyclic) bond motifs is 1. The van der Waals surface area contributed by atoms with Crippen molar-refractivity contribution < 1.29 is 4.79 Å². The van der Waals surface area contributed by atoms with Crippen molar-refractivity contribution >= 4 is 16.7 Å². The molecule has 3 rings (SSSR count). The van der Waals surface area contributed by atoms with Gasteiger partial charge >= 0.3 is 0 Å². The van der Waals surface area contributed by atoms with Gasteiger partial charge in [0.05, 0.1) is 0 Å². The highest BCUT2D eigenvalue weighted by atomic mass is 16.1. The van der Waals surface area contributed by atoms with Gasteiger partial charge in [-0.3, -0.25) is 9.78 Å². The SMILES string of the molecule is O=C(CCc1ccncc1)c1c[nH]c2ccccc12. The Kier molecular flexibility index (Phi) is 3.11. The number of hydrogen-bond acceptors (Lipinski definition) is 2. The highest BCUT2D eigenvalue weighted by Crippen LogP contribution is 2.19. The molecule has 94 valence electrons. The lowest BCUT2D eigenvalue weighted by molar-refractivity contribution is 0.0984. The van der Waals surface area contributed by atoms with Gasteiger partial charge in [0.25, 0.3) is 0 Å². The number of nitrogens with zero attached hydrogens (tertiary/aromatic N) is 1. The predicted octanol–water partition coefficient (Wildman–Crippen LogP) is 3.38. The number of hydrogen-bond donors (Lipinski definition) is 1. The van der Waals surface area contributed by atoms with Gasteiger partial charge in [0.1, 0.15) is 0 Å². The summed E-state index contributed by atoms with van der Waals surface area (Å²) in [5.41, 5.74) is 2.93. The summed E-state index contributed by atoms with van der Waals surface area (Å²) in [5, 5.41) is 1.00. The molecule has 3 nitrogen and oxygen atoms in total. The van der Waals surface area contributed by atoms with Crippen LogP contribution in [-0.2, 0) is 6.42 Å². The Morgan fingerprint density at radius 1 is 1.11 bits per heavy atom. The number of nitrogens with one attached hydrogen (secondary N) is 1. The number of benzene rings is 1. The van der Waals surface area contributed by atoms with Crippen LogP contribution in [0.15, 0.2) is 55.0 Å². The number of ketones is 1. The lowest BCUT2D eigenvalue weighted by atomic mass is 10.0. The Bertz CT molecular complexity index is 701. The van der Waals surface area contributed by atoms with Crippen molar-refractivity contribution in [1.82, 2.24) is 9.97 Å². The number of pyridine rings is 1. The fourth-order valence-electron chi connectivity index (χ4n) is 2.24. The number of aromatic amines is 1. The molecule has 1 N–H and O–H groups in total. The number of H-pyrrole nitrogens is 1. The van der Waals surface area contributed by atoms with Crippen LogP contribution in [0, 0.1) is 0 Å². The van der Waals surface area contributed by atoms with E-state index in [4.69, 9.17) is 0 Å². The fraction of sp³-hybridized carbons (Fsp3) is 0.125. The molecule has 0 saturated carbocycles. The zero-order valence-electron chi connectivity index (χ0n) is 10.5. The molecule has 0 radical (unpaired) electrons. The maximum atomic E-state index is 12.3. The minimum atomic E-state index is 0.175. The van der Waals surface area contributed by atoms with Crippen LogP contribution < -0.4 is 0 Å². The fourth-order valence-corrected chi connectivity index (χ4v) is 2.24. The van der Waals surface area contributed by atoms with Gasteiger partial charge in [0, 0.05) is 41.5 Å². The van der Waals surface area contributed by atoms with E-state index in [2.05, 4.69) is 9.97 Å². The van der Waals surface area contributed by atoms with Gasteiger partial charge in [-0.2, -0.15) is 0 Å². The second kappa shape index (κ2) is 5.06. The van der Waals surface area contributed by atoms with Crippen molar-refractivity contribution in [3.8, 4) is 0 Å². The summed E-state index contributed by atoms with van der Waals surface area (Å²) in [7, 11) is 0. The van der Waals surface area contributed by atoms with E-state index >= 15 is 0 Å². The molecule has 19 heavy (non-hydrogen) atoms. The molecule has 0 spiro atoms. The monoisotopic (exact) mass is 250 g/mol. The first-order chi connectivity index (χ1) is 9.34. The first-order valence-electron chi connectivity index (χ1n) is 6.33. The molecule has 2 heterocycles. The molecular weight excluding hydrogens is 236 g/mol. The maximum absolute atomic E-state index is 12.3. The highest BCUT2D eigenvalue weighted by molar-refractivity contribution is 6.07. The predicted molar refractivity (Wildman–Crippen MR) is 75.2 cm³/mol. The number of aromatic nitrogens is 2. The third kappa shape index (κ3) is 2.40. The molecule has 0 unspecified atom stereocenters. The number of para-hydroxylation sites is 1. The number of carbonyl (C=O) groups is 1. The van der Waals surface area contributed by atoms with Crippen LogP contribution in [0.5, 0.6) is 0 Å². The molecule has 0 aliphatic heterocycles. The summed E-state index contributed by atoms with van der Waals surface area (Å²) in [4.78, 5) is 19.4. The second-order valence-corrected chi connectivity index (χ2v) is 4.53. The molecule has 0 aliphatic carbocycles. The van der Waals surface area contributed by atoms with Gasteiger partial charge in [-0.1, -0.05) is 18.2 Å². The third-order valence-electron chi connectivity index (χ3n) is 3.28. The molecule has 0 amide bonds. The molecule has 0 saturated heterocycles. The van der Waals surface area contributed by atoms with E-state index in [1.165, 1.54) is 0 Å². The topological polar surface area (TPSA) is 45.8 Å². The number of carbonyl (C=O) groups excluding carboxylic acids is 1. The molecular formula is C16H14N2O. The van der Waals surface area contributed by atoms with Crippen molar-refractivity contribution in [2.75, 3.05) is 0 Å². The van der Waals surface area contributed by atoms with E-state index in [0.29, 0.717) is 6.42 Å². The second-order valence-electron chi connectivity index (χ2n) is 4.53. The van der Waals surface area contributed by atoms with Crippen molar-refractivity contribution in [3.05, 3.63) is 66.1 Å². The van der Waals surface area contributed by atoms with E-state index in [1.807, 2.05) is 36.4 Å². The highest BCUT2D eigenvalue weighted by Gasteiger charge is 2.11. The molecule has 3 heteroatoms. The first-order valence-corrected chi connectivity index (χ1v) is 6.33. The van der Waals surface area contributed by atoms with Gasteiger partial charge < -0.3 is 4.98 Å². The lowest BCUT2D eigenvalue weighted by Gasteiger charge is -2.00. The van der Waals surface area contributed by atoms with E-state index in [0.717, 1.165) is 28.5 Å². The Morgan fingerprint density at radius 2 is 1.89 bits per heavy atom. The van der Waals surface area contributed by atoms with E-state index in [1.54, 1.807) is 18.6 Å². The first kappa shape index (κ1) is 11.7. The van der Waals surface area contributed by atoms with Crippen LogP contribution in [0.4, 0.5) is 0 Å². The minimum Gasteiger partial charge on any atom is -0.360 e. The Morgan fingerprint density at radius 3 is 2.74 bits per heavy atom. The van der Waals surface area contributed by atoms with Crippen molar-refractivity contribution in [3.63, 3.8) is 0 Å². The average Bonchev–Trinajstić information content (AvgIpc) is 2.90. The van der Waals surface area contributed by atoms with Crippen LogP contribution in [0.1, 0.15) is 22.3 Å². The molecule has 0 bridgehead atoms. The quantitative estimate of drug-likeness (QED) is 0.721. The van der Waals surface area contributed by atoms with Crippen molar-refractivity contribution in [2.24, 2.45) is 0 Å². The molecule has 0 aliphatic rings. The molecule has 0 fully saturated rings. The van der Waals surface area contributed by atoms with Gasteiger partial charge in [-0.15, -0.1) is 0 Å². The van der Waals surface area contributed by atoms with E-state index in [-0.39, 0.29) is 5.78 Å². The van der Waals surface area contributed by atoms with Gasteiger partial charge in [-0.05, 0) is 30.2 Å². The van der Waals surface area contributed by atoms with Crippen molar-refractivity contribution in [1.29, 1.82) is 0 Å². The number of aryl methyl sites for hydroxylation is 1. The normalized spacial score (nSPS) is 10.7. The number of rotatable bonds is 4. The summed E-state index contributed by atoms with van der Waals surface area (Å²) in [6.07, 6.45) is 6.59. The minimum absolute atomic E-state index is 0.175. The summed E-state index contributed by atoms with van der Waals surface area (Å²) in [6.45, 7) is 0. The van der Waals surface area contributed by atoms with Crippen molar-refractivity contribution in [2.45, 2.75) is 12.8 Å². The van der Waals surface area contributed by atoms with Crippen LogP contribution in [0.25, 0.3) is 10.9 Å².